The third-order valence-electron chi connectivity index (χ3n) is 7.01. The fourth-order valence-electron chi connectivity index (χ4n) is 4.89. The van der Waals surface area contributed by atoms with Crippen molar-refractivity contribution in [3.63, 3.8) is 0 Å². The first-order valence-corrected chi connectivity index (χ1v) is 13.2. The van der Waals surface area contributed by atoms with Crippen LogP contribution in [0.1, 0.15) is 25.7 Å². The fourth-order valence-corrected chi connectivity index (χ4v) is 4.89. The van der Waals surface area contributed by atoms with Crippen LogP contribution in [0.25, 0.3) is 33.1 Å². The Labute approximate surface area is 218 Å². The maximum atomic E-state index is 5.56. The number of fused-ring (bicyclic) bond motifs is 2. The van der Waals surface area contributed by atoms with Crippen LogP contribution in [-0.4, -0.2) is 68.5 Å². The Morgan fingerprint density at radius 2 is 1.59 bits per heavy atom. The lowest BCUT2D eigenvalue weighted by atomic mass is 10.1. The zero-order valence-corrected chi connectivity index (χ0v) is 21.8. The molecule has 0 bridgehead atoms. The van der Waals surface area contributed by atoms with Gasteiger partial charge in [0.1, 0.15) is 5.82 Å². The Kier molecular flexibility index (Phi) is 8.33. The van der Waals surface area contributed by atoms with Crippen molar-refractivity contribution in [3.05, 3.63) is 54.6 Å². The molecule has 0 atom stereocenters. The minimum absolute atomic E-state index is 0.657. The number of nitrogens with zero attached hydrogens (tertiary/aromatic N) is 3. The molecule has 5 rings (SSSR count). The molecule has 1 aliphatic heterocycles. The quantitative estimate of drug-likeness (QED) is 0.262. The van der Waals surface area contributed by atoms with Gasteiger partial charge in [-0.1, -0.05) is 49.2 Å². The van der Waals surface area contributed by atoms with Gasteiger partial charge in [-0.25, -0.2) is 9.97 Å². The van der Waals surface area contributed by atoms with Gasteiger partial charge in [-0.05, 0) is 42.3 Å². The van der Waals surface area contributed by atoms with E-state index < -0.39 is 0 Å². The van der Waals surface area contributed by atoms with Gasteiger partial charge in [-0.2, -0.15) is 0 Å². The fraction of sp³-hybridized carbons (Fsp3) is 0.400. The molecule has 3 aromatic carbocycles. The number of unbranched alkanes of at least 4 members (excludes halogenated alkanes) is 3. The number of rotatable bonds is 11. The van der Waals surface area contributed by atoms with Crippen LogP contribution in [0.3, 0.4) is 0 Å². The summed E-state index contributed by atoms with van der Waals surface area (Å²) in [6, 6.07) is 18.6. The van der Waals surface area contributed by atoms with Crippen molar-refractivity contribution in [1.29, 1.82) is 0 Å². The molecule has 0 saturated carbocycles. The van der Waals surface area contributed by atoms with E-state index in [1.54, 1.807) is 14.2 Å². The smallest absolute Gasteiger partial charge is 0.162 e. The van der Waals surface area contributed by atoms with Gasteiger partial charge in [0.25, 0.3) is 0 Å². The van der Waals surface area contributed by atoms with Crippen molar-refractivity contribution in [3.8, 4) is 22.9 Å². The van der Waals surface area contributed by atoms with Crippen molar-refractivity contribution in [2.24, 2.45) is 0 Å². The topological polar surface area (TPSA) is 68.7 Å². The molecule has 2 heterocycles. The average Bonchev–Trinajstić information content (AvgIpc) is 2.96. The highest BCUT2D eigenvalue weighted by molar-refractivity contribution is 5.94. The minimum Gasteiger partial charge on any atom is -0.493 e. The van der Waals surface area contributed by atoms with E-state index in [0.717, 1.165) is 61.6 Å². The Morgan fingerprint density at radius 1 is 0.838 bits per heavy atom. The Balaban J connectivity index is 1.32. The highest BCUT2D eigenvalue weighted by Gasteiger charge is 2.15. The van der Waals surface area contributed by atoms with E-state index in [0.29, 0.717) is 17.3 Å². The summed E-state index contributed by atoms with van der Waals surface area (Å²) in [5, 5.41) is 6.88. The second kappa shape index (κ2) is 12.2. The number of hydrogen-bond donors (Lipinski definition) is 1. The molecule has 0 spiro atoms. The summed E-state index contributed by atoms with van der Waals surface area (Å²) in [6.07, 6.45) is 4.75. The van der Waals surface area contributed by atoms with Gasteiger partial charge >= 0.3 is 0 Å². The number of hydrogen-bond acceptors (Lipinski definition) is 7. The number of aromatic nitrogens is 2. The normalized spacial score (nSPS) is 14.2. The first-order valence-electron chi connectivity index (χ1n) is 13.2. The Bertz CT molecular complexity index is 1340. The van der Waals surface area contributed by atoms with Crippen LogP contribution in [-0.2, 0) is 4.74 Å². The van der Waals surface area contributed by atoms with E-state index in [9.17, 15) is 0 Å². The van der Waals surface area contributed by atoms with E-state index >= 15 is 0 Å². The van der Waals surface area contributed by atoms with Gasteiger partial charge in [0.15, 0.2) is 17.3 Å². The SMILES string of the molecule is COc1cc2nc(-c3ccc4ccccc4c3)nc(NCCCCCCN3CCOCC3)c2cc1OC. The van der Waals surface area contributed by atoms with Gasteiger partial charge in [-0.3, -0.25) is 4.90 Å². The maximum Gasteiger partial charge on any atom is 0.162 e. The molecular weight excluding hydrogens is 464 g/mol. The lowest BCUT2D eigenvalue weighted by molar-refractivity contribution is 0.0371. The molecule has 7 heteroatoms. The average molecular weight is 501 g/mol. The molecule has 1 fully saturated rings. The lowest BCUT2D eigenvalue weighted by Gasteiger charge is -2.26. The van der Waals surface area contributed by atoms with Gasteiger partial charge in [-0.15, -0.1) is 0 Å². The molecule has 7 nitrogen and oxygen atoms in total. The summed E-state index contributed by atoms with van der Waals surface area (Å²) in [5.41, 5.74) is 1.81. The number of ether oxygens (including phenoxy) is 3. The van der Waals surface area contributed by atoms with Crippen LogP contribution in [0.2, 0.25) is 0 Å². The number of nitrogens with one attached hydrogen (secondary N) is 1. The van der Waals surface area contributed by atoms with Gasteiger partial charge in [0.05, 0.1) is 33.0 Å². The first kappa shape index (κ1) is 25.2. The molecule has 1 saturated heterocycles. The minimum atomic E-state index is 0.657. The van der Waals surface area contributed by atoms with Crippen molar-refractivity contribution < 1.29 is 14.2 Å². The number of benzene rings is 3. The van der Waals surface area contributed by atoms with Crippen LogP contribution in [0.4, 0.5) is 5.82 Å². The highest BCUT2D eigenvalue weighted by atomic mass is 16.5. The van der Waals surface area contributed by atoms with Gasteiger partial charge < -0.3 is 19.5 Å². The molecule has 194 valence electrons. The number of methoxy groups -OCH3 is 2. The standard InChI is InChI=1S/C30H36N4O3/c1-35-27-20-25-26(21-28(27)36-2)32-29(24-12-11-22-9-5-6-10-23(22)19-24)33-30(25)31-13-7-3-4-8-14-34-15-17-37-18-16-34/h5-6,9-12,19-21H,3-4,7-8,13-18H2,1-2H3,(H,31,32,33). The Hall–Kier alpha value is -3.42. The van der Waals surface area contributed by atoms with Crippen molar-refractivity contribution in [2.45, 2.75) is 25.7 Å². The largest absolute Gasteiger partial charge is 0.493 e. The molecule has 1 N–H and O–H groups in total. The van der Waals surface area contributed by atoms with E-state index in [1.165, 1.54) is 36.6 Å². The zero-order valence-electron chi connectivity index (χ0n) is 21.8. The lowest BCUT2D eigenvalue weighted by Crippen LogP contribution is -2.36. The van der Waals surface area contributed by atoms with Crippen LogP contribution in [0.5, 0.6) is 11.5 Å². The first-order chi connectivity index (χ1) is 18.2. The Morgan fingerprint density at radius 3 is 2.41 bits per heavy atom. The predicted octanol–water partition coefficient (Wildman–Crippen LogP) is 5.77. The summed E-state index contributed by atoms with van der Waals surface area (Å²) < 4.78 is 16.6. The molecule has 0 amide bonds. The number of morpholine rings is 1. The van der Waals surface area contributed by atoms with Crippen molar-refractivity contribution in [2.75, 3.05) is 58.9 Å². The van der Waals surface area contributed by atoms with Crippen LogP contribution < -0.4 is 14.8 Å². The highest BCUT2D eigenvalue weighted by Crippen LogP contribution is 2.35. The van der Waals surface area contributed by atoms with Crippen LogP contribution in [0.15, 0.2) is 54.6 Å². The zero-order chi connectivity index (χ0) is 25.5. The van der Waals surface area contributed by atoms with E-state index in [4.69, 9.17) is 24.2 Å². The van der Waals surface area contributed by atoms with Crippen molar-refractivity contribution >= 4 is 27.5 Å². The molecule has 4 aromatic rings. The molecule has 1 aliphatic rings. The molecule has 0 unspecified atom stereocenters. The summed E-state index contributed by atoms with van der Waals surface area (Å²) in [4.78, 5) is 12.4. The van der Waals surface area contributed by atoms with E-state index in [2.05, 4.69) is 52.7 Å². The third-order valence-corrected chi connectivity index (χ3v) is 7.01. The number of anilines is 1. The molecule has 0 radical (unpaired) electrons. The second-order valence-electron chi connectivity index (χ2n) is 9.48. The maximum absolute atomic E-state index is 5.56. The van der Waals surface area contributed by atoms with Crippen LogP contribution in [0, 0.1) is 0 Å². The van der Waals surface area contributed by atoms with E-state index in [-0.39, 0.29) is 0 Å². The van der Waals surface area contributed by atoms with Gasteiger partial charge in [0.2, 0.25) is 0 Å². The molecule has 37 heavy (non-hydrogen) atoms. The molecule has 0 aliphatic carbocycles. The monoisotopic (exact) mass is 500 g/mol. The molecule has 1 aromatic heterocycles. The summed E-state index contributed by atoms with van der Waals surface area (Å²) in [7, 11) is 3.30. The summed E-state index contributed by atoms with van der Waals surface area (Å²) in [5.74, 6) is 2.84. The van der Waals surface area contributed by atoms with E-state index in [1.807, 2.05) is 12.1 Å². The van der Waals surface area contributed by atoms with Gasteiger partial charge in [0, 0.05) is 36.7 Å². The third kappa shape index (κ3) is 6.12. The predicted molar refractivity (Wildman–Crippen MR) is 150 cm³/mol. The molecular formula is C30H36N4O3. The second-order valence-corrected chi connectivity index (χ2v) is 9.48. The van der Waals surface area contributed by atoms with Crippen LogP contribution >= 0.6 is 0 Å². The summed E-state index contributed by atoms with van der Waals surface area (Å²) in [6.45, 7) is 5.90. The van der Waals surface area contributed by atoms with Crippen molar-refractivity contribution in [1.82, 2.24) is 14.9 Å². The summed E-state index contributed by atoms with van der Waals surface area (Å²) >= 11 is 0.